The maximum atomic E-state index is 12.5. The first kappa shape index (κ1) is 20.6. The summed E-state index contributed by atoms with van der Waals surface area (Å²) in [4.78, 5) is 40.9. The fourth-order valence-corrected chi connectivity index (χ4v) is 3.92. The lowest BCUT2D eigenvalue weighted by Gasteiger charge is -2.12. The van der Waals surface area contributed by atoms with Crippen molar-refractivity contribution in [2.45, 2.75) is 17.1 Å². The van der Waals surface area contributed by atoms with Crippen LogP contribution in [-0.2, 0) is 4.79 Å². The van der Waals surface area contributed by atoms with E-state index in [0.29, 0.717) is 10.8 Å². The van der Waals surface area contributed by atoms with E-state index in [1.165, 1.54) is 35.2 Å². The number of amides is 2. The average Bonchev–Trinajstić information content (AvgIpc) is 3.21. The first-order valence-electron chi connectivity index (χ1n) is 8.55. The number of rotatable bonds is 7. The molecule has 1 aromatic heterocycles. The Bertz CT molecular complexity index is 1040. The van der Waals surface area contributed by atoms with E-state index in [2.05, 4.69) is 15.6 Å². The second-order valence-electron chi connectivity index (χ2n) is 5.92. The van der Waals surface area contributed by atoms with Crippen LogP contribution in [0, 0.1) is 0 Å². The SMILES string of the molecule is CC(Sc1cccc(NC(=O)c2ccccc2C(=O)O)c1)C(=O)Nc1nccs1. The van der Waals surface area contributed by atoms with Gasteiger partial charge >= 0.3 is 5.97 Å². The fourth-order valence-electron chi connectivity index (χ4n) is 2.46. The van der Waals surface area contributed by atoms with Crippen LogP contribution in [0.3, 0.4) is 0 Å². The lowest BCUT2D eigenvalue weighted by Crippen LogP contribution is -2.22. The van der Waals surface area contributed by atoms with Gasteiger partial charge in [-0.25, -0.2) is 9.78 Å². The molecule has 0 bridgehead atoms. The molecule has 29 heavy (non-hydrogen) atoms. The zero-order valence-electron chi connectivity index (χ0n) is 15.3. The van der Waals surface area contributed by atoms with Crippen LogP contribution in [0.5, 0.6) is 0 Å². The molecule has 7 nitrogen and oxygen atoms in total. The standard InChI is InChI=1S/C20H17N3O4S2/c1-12(17(24)23-20-21-9-10-28-20)29-14-6-4-5-13(11-14)22-18(25)15-7-2-3-8-16(15)19(26)27/h2-12H,1H3,(H,22,25)(H,26,27)(H,21,23,24). The summed E-state index contributed by atoms with van der Waals surface area (Å²) in [5.74, 6) is -1.85. The summed E-state index contributed by atoms with van der Waals surface area (Å²) in [6.45, 7) is 1.78. The molecule has 3 rings (SSSR count). The molecular weight excluding hydrogens is 410 g/mol. The third-order valence-corrected chi connectivity index (χ3v) is 5.62. The van der Waals surface area contributed by atoms with Gasteiger partial charge in [0, 0.05) is 22.2 Å². The predicted molar refractivity (Wildman–Crippen MR) is 114 cm³/mol. The molecule has 1 unspecified atom stereocenters. The van der Waals surface area contributed by atoms with Gasteiger partial charge in [0.2, 0.25) is 5.91 Å². The Morgan fingerprint density at radius 1 is 1.07 bits per heavy atom. The normalized spacial score (nSPS) is 11.5. The molecule has 2 aromatic carbocycles. The lowest BCUT2D eigenvalue weighted by atomic mass is 10.1. The van der Waals surface area contributed by atoms with Crippen LogP contribution in [0.15, 0.2) is 65.0 Å². The third kappa shape index (κ3) is 5.43. The van der Waals surface area contributed by atoms with Crippen LogP contribution in [0.25, 0.3) is 0 Å². The number of thioether (sulfide) groups is 1. The van der Waals surface area contributed by atoms with Gasteiger partial charge in [-0.05, 0) is 37.3 Å². The van der Waals surface area contributed by atoms with Crippen molar-refractivity contribution in [3.8, 4) is 0 Å². The van der Waals surface area contributed by atoms with Crippen molar-refractivity contribution in [2.75, 3.05) is 10.6 Å². The van der Waals surface area contributed by atoms with E-state index in [1.807, 2.05) is 6.07 Å². The molecule has 148 valence electrons. The Labute approximate surface area is 175 Å². The number of hydrogen-bond donors (Lipinski definition) is 3. The lowest BCUT2D eigenvalue weighted by molar-refractivity contribution is -0.115. The molecule has 9 heteroatoms. The zero-order valence-corrected chi connectivity index (χ0v) is 16.9. The van der Waals surface area contributed by atoms with Gasteiger partial charge in [0.05, 0.1) is 16.4 Å². The van der Waals surface area contributed by atoms with Crippen molar-refractivity contribution in [1.82, 2.24) is 4.98 Å². The van der Waals surface area contributed by atoms with Crippen molar-refractivity contribution in [1.29, 1.82) is 0 Å². The summed E-state index contributed by atoms with van der Waals surface area (Å²) in [7, 11) is 0. The second-order valence-corrected chi connectivity index (χ2v) is 8.23. The van der Waals surface area contributed by atoms with E-state index in [0.717, 1.165) is 4.90 Å². The quantitative estimate of drug-likeness (QED) is 0.488. The number of thiazole rings is 1. The number of hydrogen-bond acceptors (Lipinski definition) is 6. The predicted octanol–water partition coefficient (Wildman–Crippen LogP) is 4.21. The number of carboxylic acids is 1. The summed E-state index contributed by atoms with van der Waals surface area (Å²) in [5, 5.41) is 16.6. The Morgan fingerprint density at radius 3 is 2.52 bits per heavy atom. The maximum absolute atomic E-state index is 12.5. The fraction of sp³-hybridized carbons (Fsp3) is 0.100. The van der Waals surface area contributed by atoms with Crippen LogP contribution < -0.4 is 10.6 Å². The Kier molecular flexibility index (Phi) is 6.63. The zero-order chi connectivity index (χ0) is 20.8. The summed E-state index contributed by atoms with van der Waals surface area (Å²) >= 11 is 2.68. The van der Waals surface area contributed by atoms with Crippen LogP contribution >= 0.6 is 23.1 Å². The molecular formula is C20H17N3O4S2. The van der Waals surface area contributed by atoms with Crippen molar-refractivity contribution >= 4 is 51.7 Å². The van der Waals surface area contributed by atoms with Crippen molar-refractivity contribution in [2.24, 2.45) is 0 Å². The first-order chi connectivity index (χ1) is 13.9. The minimum atomic E-state index is -1.17. The number of carbonyl (C=O) groups excluding carboxylic acids is 2. The van der Waals surface area contributed by atoms with E-state index < -0.39 is 11.9 Å². The number of benzene rings is 2. The van der Waals surface area contributed by atoms with E-state index >= 15 is 0 Å². The van der Waals surface area contributed by atoms with Gasteiger partial charge in [-0.1, -0.05) is 18.2 Å². The molecule has 2 amide bonds. The Hall–Kier alpha value is -3.17. The molecule has 0 aliphatic heterocycles. The summed E-state index contributed by atoms with van der Waals surface area (Å²) in [5.41, 5.74) is 0.519. The third-order valence-electron chi connectivity index (χ3n) is 3.84. The monoisotopic (exact) mass is 427 g/mol. The molecule has 0 aliphatic rings. The number of anilines is 2. The van der Waals surface area contributed by atoms with E-state index in [9.17, 15) is 19.5 Å². The van der Waals surface area contributed by atoms with Gasteiger partial charge in [-0.15, -0.1) is 23.1 Å². The van der Waals surface area contributed by atoms with Crippen molar-refractivity contribution < 1.29 is 19.5 Å². The minimum Gasteiger partial charge on any atom is -0.478 e. The van der Waals surface area contributed by atoms with Gasteiger partial charge in [0.1, 0.15) is 0 Å². The largest absolute Gasteiger partial charge is 0.478 e. The van der Waals surface area contributed by atoms with Gasteiger partial charge in [0.15, 0.2) is 5.13 Å². The number of aromatic carboxylic acids is 1. The minimum absolute atomic E-state index is 0.0667. The number of aromatic nitrogens is 1. The number of nitrogens with one attached hydrogen (secondary N) is 2. The highest BCUT2D eigenvalue weighted by Gasteiger charge is 2.18. The summed E-state index contributed by atoms with van der Waals surface area (Å²) in [6, 6.07) is 13.0. The highest BCUT2D eigenvalue weighted by Crippen LogP contribution is 2.27. The highest BCUT2D eigenvalue weighted by molar-refractivity contribution is 8.00. The first-order valence-corrected chi connectivity index (χ1v) is 10.3. The van der Waals surface area contributed by atoms with Gasteiger partial charge in [-0.2, -0.15) is 0 Å². The molecule has 0 spiro atoms. The van der Waals surface area contributed by atoms with Crippen molar-refractivity contribution in [3.63, 3.8) is 0 Å². The smallest absolute Gasteiger partial charge is 0.336 e. The van der Waals surface area contributed by atoms with Crippen LogP contribution in [0.1, 0.15) is 27.6 Å². The molecule has 3 aromatic rings. The summed E-state index contributed by atoms with van der Waals surface area (Å²) < 4.78 is 0. The topological polar surface area (TPSA) is 108 Å². The van der Waals surface area contributed by atoms with Gasteiger partial charge < -0.3 is 15.7 Å². The van der Waals surface area contributed by atoms with Crippen LogP contribution in [-0.4, -0.2) is 33.1 Å². The van der Waals surface area contributed by atoms with Gasteiger partial charge in [-0.3, -0.25) is 9.59 Å². The Morgan fingerprint density at radius 2 is 1.83 bits per heavy atom. The van der Waals surface area contributed by atoms with E-state index in [1.54, 1.807) is 48.8 Å². The second kappa shape index (κ2) is 9.35. The molecule has 1 heterocycles. The molecule has 0 radical (unpaired) electrons. The van der Waals surface area contributed by atoms with Crippen LogP contribution in [0.2, 0.25) is 0 Å². The maximum Gasteiger partial charge on any atom is 0.336 e. The average molecular weight is 428 g/mol. The number of carboxylic acid groups (broad SMARTS) is 1. The highest BCUT2D eigenvalue weighted by atomic mass is 32.2. The van der Waals surface area contributed by atoms with E-state index in [-0.39, 0.29) is 22.3 Å². The molecule has 3 N–H and O–H groups in total. The van der Waals surface area contributed by atoms with Crippen molar-refractivity contribution in [3.05, 3.63) is 71.2 Å². The van der Waals surface area contributed by atoms with Gasteiger partial charge in [0.25, 0.3) is 5.91 Å². The van der Waals surface area contributed by atoms with Crippen LogP contribution in [0.4, 0.5) is 10.8 Å². The Balaban J connectivity index is 1.67. The van der Waals surface area contributed by atoms with E-state index in [4.69, 9.17) is 0 Å². The number of carbonyl (C=O) groups is 3. The molecule has 0 aliphatic carbocycles. The molecule has 0 fully saturated rings. The molecule has 0 saturated carbocycles. The number of nitrogens with zero attached hydrogens (tertiary/aromatic N) is 1. The summed E-state index contributed by atoms with van der Waals surface area (Å²) in [6.07, 6.45) is 1.62. The molecule has 1 atom stereocenters. The molecule has 0 saturated heterocycles.